The maximum Gasteiger partial charge on any atom is 0.417 e. The summed E-state index contributed by atoms with van der Waals surface area (Å²) in [6.07, 6.45) is 0.345. The van der Waals surface area contributed by atoms with E-state index in [2.05, 4.69) is 28.8 Å². The molecule has 1 aliphatic carbocycles. The molecule has 0 aliphatic heterocycles. The molecule has 0 fully saturated rings. The Bertz CT molecular complexity index is 1540. The van der Waals surface area contributed by atoms with Crippen molar-refractivity contribution in [1.29, 1.82) is 0 Å². The Morgan fingerprint density at radius 2 is 1.74 bits per heavy atom. The van der Waals surface area contributed by atoms with Gasteiger partial charge >= 0.3 is 6.18 Å². The second-order valence-corrected chi connectivity index (χ2v) is 12.6. The zero-order valence-electron chi connectivity index (χ0n) is 23.6. The highest BCUT2D eigenvalue weighted by Gasteiger charge is 2.41. The molecule has 0 saturated carbocycles. The lowest BCUT2D eigenvalue weighted by Gasteiger charge is -2.38. The van der Waals surface area contributed by atoms with Gasteiger partial charge in [-0.3, -0.25) is 9.52 Å². The third-order valence-electron chi connectivity index (χ3n) is 7.89. The van der Waals surface area contributed by atoms with Gasteiger partial charge in [-0.15, -0.1) is 0 Å². The van der Waals surface area contributed by atoms with E-state index >= 15 is 0 Å². The lowest BCUT2D eigenvalue weighted by molar-refractivity contribution is -0.137. The summed E-state index contributed by atoms with van der Waals surface area (Å²) in [5, 5.41) is 10.7. The van der Waals surface area contributed by atoms with E-state index in [4.69, 9.17) is 0 Å². The number of carbonyl (C=O) groups is 1. The van der Waals surface area contributed by atoms with Crippen LogP contribution >= 0.6 is 0 Å². The molecule has 224 valence electrons. The summed E-state index contributed by atoms with van der Waals surface area (Å²) in [5.74, 6) is -0.480. The first-order valence-electron chi connectivity index (χ1n) is 14.0. The number of ketones is 1. The van der Waals surface area contributed by atoms with E-state index < -0.39 is 32.7 Å². The second kappa shape index (κ2) is 12.7. The molecule has 3 aromatic rings. The number of hydrogen-bond acceptors (Lipinski definition) is 5. The predicted octanol–water partition coefficient (Wildman–Crippen LogP) is 7.99. The number of hydrogen-bond donors (Lipinski definition) is 2. The summed E-state index contributed by atoms with van der Waals surface area (Å²) in [7, 11) is -4.28. The van der Waals surface area contributed by atoms with Crippen LogP contribution in [0.15, 0.2) is 89.3 Å². The van der Waals surface area contributed by atoms with Gasteiger partial charge in [-0.05, 0) is 66.5 Å². The number of Topliss-reactive ketones (excluding diaryl/α,β-unsaturated/α-hetero) is 1. The van der Waals surface area contributed by atoms with Crippen molar-refractivity contribution in [2.24, 2.45) is 5.41 Å². The third kappa shape index (κ3) is 7.21. The number of aliphatic hydroxyl groups is 1. The Hall–Kier alpha value is -3.66. The highest BCUT2D eigenvalue weighted by molar-refractivity contribution is 7.92. The number of nitrogens with one attached hydrogen (secondary N) is 1. The Morgan fingerprint density at radius 3 is 2.33 bits per heavy atom. The molecule has 0 unspecified atom stereocenters. The van der Waals surface area contributed by atoms with Crippen LogP contribution in [0, 0.1) is 5.41 Å². The van der Waals surface area contributed by atoms with Crippen LogP contribution in [-0.4, -0.2) is 24.3 Å². The molecule has 2 atom stereocenters. The third-order valence-corrected chi connectivity index (χ3v) is 9.19. The van der Waals surface area contributed by atoms with Crippen molar-refractivity contribution in [2.75, 3.05) is 4.72 Å². The normalized spacial score (nSPS) is 18.6. The van der Waals surface area contributed by atoms with E-state index in [1.54, 1.807) is 18.2 Å². The van der Waals surface area contributed by atoms with Crippen LogP contribution in [0.25, 0.3) is 0 Å². The summed E-state index contributed by atoms with van der Waals surface area (Å²) in [5.41, 5.74) is 0.960. The van der Waals surface area contributed by atoms with E-state index in [1.807, 2.05) is 25.1 Å². The number of sulfonamides is 1. The maximum absolute atomic E-state index is 13.7. The molecule has 1 aromatic heterocycles. The first-order chi connectivity index (χ1) is 19.9. The minimum atomic E-state index is -4.64. The number of aromatic nitrogens is 1. The number of nitrogens with zero attached hydrogens (tertiary/aromatic N) is 1. The zero-order valence-corrected chi connectivity index (χ0v) is 24.4. The van der Waals surface area contributed by atoms with E-state index in [0.29, 0.717) is 42.7 Å². The molecular weight excluding hydrogens is 565 g/mol. The van der Waals surface area contributed by atoms with Crippen molar-refractivity contribution in [3.63, 3.8) is 0 Å². The summed E-state index contributed by atoms with van der Waals surface area (Å²) >= 11 is 0. The first kappa shape index (κ1) is 31.3. The van der Waals surface area contributed by atoms with E-state index in [9.17, 15) is 31.5 Å². The Morgan fingerprint density at radius 1 is 1.00 bits per heavy atom. The SMILES string of the molecule is CCC[C@@]1(CCc2ccccc2)CC(=O)C([C@H](CC)c2cccc(NS(=O)(=O)c3ccc(C(F)(F)F)cn3)c2)=C(O)C1. The Kier molecular flexibility index (Phi) is 9.45. The van der Waals surface area contributed by atoms with Gasteiger partial charge in [0.15, 0.2) is 10.8 Å². The lowest BCUT2D eigenvalue weighted by Crippen LogP contribution is -2.33. The van der Waals surface area contributed by atoms with Gasteiger partial charge in [-0.1, -0.05) is 62.7 Å². The molecule has 0 saturated heterocycles. The van der Waals surface area contributed by atoms with Gasteiger partial charge in [0.05, 0.1) is 5.56 Å². The van der Waals surface area contributed by atoms with Gasteiger partial charge in [0.1, 0.15) is 5.76 Å². The van der Waals surface area contributed by atoms with Crippen LogP contribution in [0.1, 0.15) is 75.0 Å². The van der Waals surface area contributed by atoms with Crippen molar-refractivity contribution >= 4 is 21.5 Å². The lowest BCUT2D eigenvalue weighted by atomic mass is 9.65. The van der Waals surface area contributed by atoms with Gasteiger partial charge in [0.2, 0.25) is 0 Å². The van der Waals surface area contributed by atoms with Gasteiger partial charge < -0.3 is 5.11 Å². The number of rotatable bonds is 11. The van der Waals surface area contributed by atoms with Crippen molar-refractivity contribution in [3.05, 3.63) is 101 Å². The van der Waals surface area contributed by atoms with Crippen LogP contribution in [0.3, 0.4) is 0 Å². The molecule has 0 spiro atoms. The number of halogens is 3. The minimum Gasteiger partial charge on any atom is -0.512 e. The van der Waals surface area contributed by atoms with Crippen molar-refractivity contribution in [1.82, 2.24) is 4.98 Å². The molecule has 4 rings (SSSR count). The molecule has 42 heavy (non-hydrogen) atoms. The molecule has 0 radical (unpaired) electrons. The number of aliphatic hydroxyl groups excluding tert-OH is 1. The first-order valence-corrected chi connectivity index (χ1v) is 15.5. The number of carbonyl (C=O) groups excluding carboxylic acids is 1. The van der Waals surface area contributed by atoms with Gasteiger partial charge in [0.25, 0.3) is 10.0 Å². The Labute approximate surface area is 244 Å². The molecule has 1 heterocycles. The van der Waals surface area contributed by atoms with E-state index in [1.165, 1.54) is 11.6 Å². The molecule has 10 heteroatoms. The van der Waals surface area contributed by atoms with Crippen LogP contribution in [0.2, 0.25) is 0 Å². The standard InChI is InChI=1S/C32H35F3N2O4S/c1-3-16-31(17-15-22-9-6-5-7-10-22)19-27(38)30(28(39)20-31)26(4-2)23-11-8-12-25(18-23)37-42(40,41)29-14-13-24(21-36-29)32(33,34)35/h5-14,18,21,26,37-38H,3-4,15-17,19-20H2,1-2H3/t26-,31+/m1/s1. The largest absolute Gasteiger partial charge is 0.512 e. The predicted molar refractivity (Wildman–Crippen MR) is 156 cm³/mol. The number of benzene rings is 2. The average Bonchev–Trinajstić information content (AvgIpc) is 2.94. The van der Waals surface area contributed by atoms with Crippen LogP contribution in [0.4, 0.5) is 18.9 Å². The van der Waals surface area contributed by atoms with Crippen LogP contribution in [-0.2, 0) is 27.4 Å². The quantitative estimate of drug-likeness (QED) is 0.233. The molecular formula is C32H35F3N2O4S. The zero-order chi connectivity index (χ0) is 30.5. The van der Waals surface area contributed by atoms with Crippen molar-refractivity contribution < 1.29 is 31.5 Å². The summed E-state index contributed by atoms with van der Waals surface area (Å²) in [6, 6.07) is 18.0. The summed E-state index contributed by atoms with van der Waals surface area (Å²) < 4.78 is 66.7. The van der Waals surface area contributed by atoms with E-state index in [0.717, 1.165) is 31.7 Å². The van der Waals surface area contributed by atoms with Gasteiger partial charge in [-0.25, -0.2) is 4.98 Å². The summed E-state index contributed by atoms with van der Waals surface area (Å²) in [4.78, 5) is 17.1. The Balaban J connectivity index is 1.57. The van der Waals surface area contributed by atoms with Gasteiger partial charge in [0, 0.05) is 36.2 Å². The second-order valence-electron chi connectivity index (χ2n) is 10.9. The number of alkyl halides is 3. The fourth-order valence-electron chi connectivity index (χ4n) is 5.91. The number of pyridine rings is 1. The molecule has 2 aromatic carbocycles. The fraction of sp³-hybridized carbons (Fsp3) is 0.375. The molecule has 0 bridgehead atoms. The topological polar surface area (TPSA) is 96.4 Å². The molecule has 1 aliphatic rings. The van der Waals surface area contributed by atoms with Crippen molar-refractivity contribution in [3.8, 4) is 0 Å². The number of anilines is 1. The highest BCUT2D eigenvalue weighted by Crippen LogP contribution is 2.47. The molecule has 2 N–H and O–H groups in total. The minimum absolute atomic E-state index is 0.0829. The summed E-state index contributed by atoms with van der Waals surface area (Å²) in [6.45, 7) is 3.97. The molecule has 6 nitrogen and oxygen atoms in total. The number of aryl methyl sites for hydroxylation is 1. The van der Waals surface area contributed by atoms with Crippen LogP contribution in [0.5, 0.6) is 0 Å². The monoisotopic (exact) mass is 600 g/mol. The average molecular weight is 601 g/mol. The van der Waals surface area contributed by atoms with E-state index in [-0.39, 0.29) is 22.6 Å². The van der Waals surface area contributed by atoms with Crippen LogP contribution < -0.4 is 4.72 Å². The smallest absolute Gasteiger partial charge is 0.417 e. The van der Waals surface area contributed by atoms with Crippen molar-refractivity contribution in [2.45, 2.75) is 75.9 Å². The maximum atomic E-state index is 13.7. The fourth-order valence-corrected chi connectivity index (χ4v) is 6.89. The number of allylic oxidation sites excluding steroid dienone is 2. The molecule has 0 amide bonds. The van der Waals surface area contributed by atoms with Gasteiger partial charge in [-0.2, -0.15) is 21.6 Å². The highest BCUT2D eigenvalue weighted by atomic mass is 32.2.